The zero-order valence-electron chi connectivity index (χ0n) is 8.53. The van der Waals surface area contributed by atoms with Crippen LogP contribution in [0, 0.1) is 0 Å². The van der Waals surface area contributed by atoms with Crippen LogP contribution in [0.1, 0.15) is 13.8 Å². The van der Waals surface area contributed by atoms with Gasteiger partial charge in [0.05, 0.1) is 18.8 Å². The van der Waals surface area contributed by atoms with Gasteiger partial charge in [-0.15, -0.1) is 0 Å². The van der Waals surface area contributed by atoms with Crippen LogP contribution >= 0.6 is 0 Å². The fraction of sp³-hybridized carbons (Fsp3) is 0.875. The standard InChI is InChI=1S/C8H13N3O4/c1-4(2)14-8(13)7-6(12)5(15-7)3-10-11-9/h4-7,12H,3H2,1-2H3/t5-,6-,7+/m1/s1. The summed E-state index contributed by atoms with van der Waals surface area (Å²) in [6.45, 7) is 3.43. The minimum atomic E-state index is -0.957. The van der Waals surface area contributed by atoms with Crippen molar-refractivity contribution in [3.05, 3.63) is 10.4 Å². The molecule has 0 aliphatic carbocycles. The van der Waals surface area contributed by atoms with Crippen molar-refractivity contribution in [2.24, 2.45) is 5.11 Å². The third-order valence-corrected chi connectivity index (χ3v) is 1.92. The van der Waals surface area contributed by atoms with Gasteiger partial charge in [-0.3, -0.25) is 0 Å². The number of rotatable bonds is 4. The van der Waals surface area contributed by atoms with E-state index in [9.17, 15) is 9.90 Å². The SMILES string of the molecule is CC(C)OC(=O)[C@H]1O[C@H](CN=[N+]=[N-])[C@H]1O. The number of nitrogens with zero attached hydrogens (tertiary/aromatic N) is 3. The Morgan fingerprint density at radius 2 is 2.40 bits per heavy atom. The van der Waals surface area contributed by atoms with E-state index < -0.39 is 24.3 Å². The molecule has 1 aliphatic heterocycles. The number of esters is 1. The lowest BCUT2D eigenvalue weighted by Crippen LogP contribution is -2.59. The predicted molar refractivity (Wildman–Crippen MR) is 49.9 cm³/mol. The summed E-state index contributed by atoms with van der Waals surface area (Å²) in [7, 11) is 0. The van der Waals surface area contributed by atoms with E-state index in [0.29, 0.717) is 0 Å². The minimum absolute atomic E-state index is 0.0170. The van der Waals surface area contributed by atoms with Crippen molar-refractivity contribution >= 4 is 5.97 Å². The van der Waals surface area contributed by atoms with Crippen molar-refractivity contribution < 1.29 is 19.4 Å². The second kappa shape index (κ2) is 4.97. The number of hydrogen-bond donors (Lipinski definition) is 1. The maximum atomic E-state index is 11.3. The van der Waals surface area contributed by atoms with Crippen molar-refractivity contribution in [3.63, 3.8) is 0 Å². The molecule has 1 fully saturated rings. The molecule has 0 bridgehead atoms. The summed E-state index contributed by atoms with van der Waals surface area (Å²) in [6, 6.07) is 0. The van der Waals surface area contributed by atoms with Gasteiger partial charge in [0.15, 0.2) is 6.10 Å². The summed E-state index contributed by atoms with van der Waals surface area (Å²) in [5.41, 5.74) is 8.04. The molecule has 0 amide bonds. The first-order valence-corrected chi connectivity index (χ1v) is 4.61. The number of carbonyl (C=O) groups is 1. The quantitative estimate of drug-likeness (QED) is 0.316. The molecule has 84 valence electrons. The number of hydrogen-bond acceptors (Lipinski definition) is 5. The summed E-state index contributed by atoms with van der Waals surface area (Å²) in [5.74, 6) is -0.588. The van der Waals surface area contributed by atoms with Gasteiger partial charge in [0.1, 0.15) is 6.10 Å². The van der Waals surface area contributed by atoms with E-state index >= 15 is 0 Å². The number of aliphatic hydroxyl groups excluding tert-OH is 1. The third-order valence-electron chi connectivity index (χ3n) is 1.92. The maximum absolute atomic E-state index is 11.3. The Bertz CT molecular complexity index is 288. The Morgan fingerprint density at radius 3 is 2.87 bits per heavy atom. The zero-order chi connectivity index (χ0) is 11.4. The molecule has 0 unspecified atom stereocenters. The maximum Gasteiger partial charge on any atom is 0.338 e. The predicted octanol–water partition coefficient (Wildman–Crippen LogP) is 0.377. The van der Waals surface area contributed by atoms with Gasteiger partial charge in [-0.1, -0.05) is 5.11 Å². The van der Waals surface area contributed by atoms with Crippen molar-refractivity contribution in [2.45, 2.75) is 38.3 Å². The molecule has 0 aromatic heterocycles. The molecule has 0 radical (unpaired) electrons. The first-order chi connectivity index (χ1) is 7.06. The third kappa shape index (κ3) is 2.82. The van der Waals surface area contributed by atoms with E-state index in [4.69, 9.17) is 15.0 Å². The molecule has 7 heteroatoms. The van der Waals surface area contributed by atoms with E-state index in [2.05, 4.69) is 10.0 Å². The molecule has 3 atom stereocenters. The van der Waals surface area contributed by atoms with Crippen molar-refractivity contribution in [2.75, 3.05) is 6.54 Å². The van der Waals surface area contributed by atoms with Crippen LogP contribution in [0.25, 0.3) is 10.4 Å². The van der Waals surface area contributed by atoms with Crippen LogP contribution in [0.2, 0.25) is 0 Å². The lowest BCUT2D eigenvalue weighted by molar-refractivity contribution is -0.231. The molecule has 1 rings (SSSR count). The fourth-order valence-corrected chi connectivity index (χ4v) is 1.22. The fourth-order valence-electron chi connectivity index (χ4n) is 1.22. The summed E-state index contributed by atoms with van der Waals surface area (Å²) in [5, 5.41) is 12.7. The average Bonchev–Trinajstić information content (AvgIpc) is 2.14. The minimum Gasteiger partial charge on any atom is -0.461 e. The highest BCUT2D eigenvalue weighted by Crippen LogP contribution is 2.23. The number of azide groups is 1. The molecular weight excluding hydrogens is 202 g/mol. The Labute approximate surface area is 86.6 Å². The Morgan fingerprint density at radius 1 is 1.73 bits per heavy atom. The van der Waals surface area contributed by atoms with E-state index in [1.807, 2.05) is 0 Å². The second-order valence-corrected chi connectivity index (χ2v) is 3.48. The summed E-state index contributed by atoms with van der Waals surface area (Å²) < 4.78 is 9.88. The zero-order valence-corrected chi connectivity index (χ0v) is 8.53. The highest BCUT2D eigenvalue weighted by molar-refractivity contribution is 5.76. The van der Waals surface area contributed by atoms with Crippen molar-refractivity contribution in [1.29, 1.82) is 0 Å². The second-order valence-electron chi connectivity index (χ2n) is 3.48. The summed E-state index contributed by atoms with van der Waals surface area (Å²) in [4.78, 5) is 13.8. The van der Waals surface area contributed by atoms with Gasteiger partial charge in [0.25, 0.3) is 0 Å². The molecule has 15 heavy (non-hydrogen) atoms. The first-order valence-electron chi connectivity index (χ1n) is 4.61. The van der Waals surface area contributed by atoms with Crippen LogP contribution in [-0.4, -0.2) is 42.0 Å². The van der Waals surface area contributed by atoms with Crippen molar-refractivity contribution in [3.8, 4) is 0 Å². The highest BCUT2D eigenvalue weighted by atomic mass is 16.6. The van der Waals surface area contributed by atoms with Crippen molar-refractivity contribution in [1.82, 2.24) is 0 Å². The number of aliphatic hydroxyl groups is 1. The van der Waals surface area contributed by atoms with Crippen LogP contribution in [0.4, 0.5) is 0 Å². The van der Waals surface area contributed by atoms with E-state index in [0.717, 1.165) is 0 Å². The average molecular weight is 215 g/mol. The van der Waals surface area contributed by atoms with E-state index in [-0.39, 0.29) is 12.6 Å². The normalized spacial score (nSPS) is 29.2. The van der Waals surface area contributed by atoms with Gasteiger partial charge in [0.2, 0.25) is 0 Å². The Balaban J connectivity index is 2.37. The van der Waals surface area contributed by atoms with Gasteiger partial charge < -0.3 is 14.6 Å². The first kappa shape index (κ1) is 11.8. The Kier molecular flexibility index (Phi) is 3.90. The van der Waals surface area contributed by atoms with Crippen LogP contribution in [0.15, 0.2) is 5.11 Å². The monoisotopic (exact) mass is 215 g/mol. The van der Waals surface area contributed by atoms with Crippen LogP contribution in [0.3, 0.4) is 0 Å². The largest absolute Gasteiger partial charge is 0.461 e. The molecule has 1 aliphatic rings. The molecule has 0 spiro atoms. The lowest BCUT2D eigenvalue weighted by Gasteiger charge is -2.39. The topological polar surface area (TPSA) is 105 Å². The van der Waals surface area contributed by atoms with E-state index in [1.54, 1.807) is 13.8 Å². The lowest BCUT2D eigenvalue weighted by atomic mass is 10.0. The van der Waals surface area contributed by atoms with E-state index in [1.165, 1.54) is 0 Å². The molecule has 0 saturated carbocycles. The molecular formula is C8H13N3O4. The summed E-state index contributed by atoms with van der Waals surface area (Å²) in [6.07, 6.45) is -2.76. The van der Waals surface area contributed by atoms with Gasteiger partial charge >= 0.3 is 5.97 Å². The van der Waals surface area contributed by atoms with Gasteiger partial charge in [-0.25, -0.2) is 4.79 Å². The molecule has 0 aromatic rings. The van der Waals surface area contributed by atoms with Crippen LogP contribution in [0.5, 0.6) is 0 Å². The molecule has 1 heterocycles. The van der Waals surface area contributed by atoms with Gasteiger partial charge in [0, 0.05) is 4.91 Å². The smallest absolute Gasteiger partial charge is 0.338 e. The highest BCUT2D eigenvalue weighted by Gasteiger charge is 2.46. The molecule has 1 N–H and O–H groups in total. The molecule has 7 nitrogen and oxygen atoms in total. The summed E-state index contributed by atoms with van der Waals surface area (Å²) >= 11 is 0. The number of carbonyl (C=O) groups excluding carboxylic acids is 1. The van der Waals surface area contributed by atoms with Crippen LogP contribution < -0.4 is 0 Å². The Hall–Kier alpha value is -1.30. The van der Waals surface area contributed by atoms with Gasteiger partial charge in [-0.2, -0.15) is 0 Å². The number of ether oxygens (including phenoxy) is 2. The van der Waals surface area contributed by atoms with Gasteiger partial charge in [-0.05, 0) is 19.4 Å². The molecule has 1 saturated heterocycles. The van der Waals surface area contributed by atoms with Crippen LogP contribution in [-0.2, 0) is 14.3 Å². The molecule has 0 aromatic carbocycles.